The third kappa shape index (κ3) is 4.01. The zero-order chi connectivity index (χ0) is 14.8. The van der Waals surface area contributed by atoms with Crippen molar-refractivity contribution in [3.8, 4) is 5.75 Å². The topological polar surface area (TPSA) is 38.5 Å². The van der Waals surface area contributed by atoms with Gasteiger partial charge in [0.1, 0.15) is 6.61 Å². The minimum Gasteiger partial charge on any atom is -0.489 e. The Morgan fingerprint density at radius 2 is 1.91 bits per heavy atom. The van der Waals surface area contributed by atoms with Crippen LogP contribution in [-0.4, -0.2) is 37.2 Å². The van der Waals surface area contributed by atoms with E-state index in [-0.39, 0.29) is 12.4 Å². The molecule has 0 spiro atoms. The maximum absolute atomic E-state index is 6.25. The number of para-hydroxylation sites is 1. The number of nitrogens with zero attached hydrogens (tertiary/aromatic N) is 1. The van der Waals surface area contributed by atoms with E-state index >= 15 is 0 Å². The van der Waals surface area contributed by atoms with E-state index in [4.69, 9.17) is 33.7 Å². The third-order valence-corrected chi connectivity index (χ3v) is 5.40. The van der Waals surface area contributed by atoms with Crippen LogP contribution in [0.3, 0.4) is 0 Å². The van der Waals surface area contributed by atoms with E-state index in [2.05, 4.69) is 4.90 Å². The molecule has 1 saturated carbocycles. The molecule has 1 aromatic rings. The molecule has 0 aromatic heterocycles. The monoisotopic (exact) mass is 364 g/mol. The zero-order valence-corrected chi connectivity index (χ0v) is 14.8. The normalized spacial score (nSPS) is 28.0. The van der Waals surface area contributed by atoms with Gasteiger partial charge < -0.3 is 10.5 Å². The first-order chi connectivity index (χ1) is 10.1. The fourth-order valence-electron chi connectivity index (χ4n) is 3.69. The molecule has 3 atom stereocenters. The van der Waals surface area contributed by atoms with Crippen LogP contribution in [0.1, 0.15) is 19.3 Å². The molecule has 2 aliphatic rings. The predicted molar refractivity (Wildman–Crippen MR) is 94.5 cm³/mol. The summed E-state index contributed by atoms with van der Waals surface area (Å²) < 4.78 is 5.77. The van der Waals surface area contributed by atoms with Crippen LogP contribution in [0.5, 0.6) is 5.75 Å². The summed E-state index contributed by atoms with van der Waals surface area (Å²) in [5.74, 6) is 2.04. The number of likely N-dealkylation sites (tertiary alicyclic amines) is 1. The molecule has 3 nitrogen and oxygen atoms in total. The molecular weight excluding hydrogens is 343 g/mol. The fraction of sp³-hybridized carbons (Fsp3) is 0.625. The molecule has 124 valence electrons. The predicted octanol–water partition coefficient (Wildman–Crippen LogP) is 3.85. The molecule has 3 rings (SSSR count). The van der Waals surface area contributed by atoms with Crippen molar-refractivity contribution >= 4 is 35.6 Å². The minimum atomic E-state index is 0. The average molecular weight is 366 g/mol. The van der Waals surface area contributed by atoms with E-state index in [0.29, 0.717) is 34.4 Å². The first-order valence-electron chi connectivity index (χ1n) is 7.70. The molecule has 0 radical (unpaired) electrons. The van der Waals surface area contributed by atoms with Crippen molar-refractivity contribution in [2.45, 2.75) is 25.3 Å². The second-order valence-electron chi connectivity index (χ2n) is 6.18. The number of ether oxygens (including phenoxy) is 1. The second-order valence-corrected chi connectivity index (χ2v) is 6.99. The largest absolute Gasteiger partial charge is 0.489 e. The Bertz CT molecular complexity index is 480. The molecule has 6 heteroatoms. The van der Waals surface area contributed by atoms with Gasteiger partial charge in [-0.05, 0) is 36.8 Å². The van der Waals surface area contributed by atoms with Gasteiger partial charge in [-0.3, -0.25) is 4.90 Å². The quantitative estimate of drug-likeness (QED) is 0.880. The highest BCUT2D eigenvalue weighted by Gasteiger charge is 2.38. The van der Waals surface area contributed by atoms with E-state index in [1.807, 2.05) is 6.07 Å². The Hall–Kier alpha value is -0.190. The van der Waals surface area contributed by atoms with Crippen molar-refractivity contribution in [3.05, 3.63) is 28.2 Å². The van der Waals surface area contributed by atoms with Crippen LogP contribution < -0.4 is 10.5 Å². The Morgan fingerprint density at radius 1 is 1.18 bits per heavy atom. The number of halogens is 3. The number of benzene rings is 1. The molecule has 2 N–H and O–H groups in total. The van der Waals surface area contributed by atoms with Gasteiger partial charge in [0.05, 0.1) is 10.0 Å². The Morgan fingerprint density at radius 3 is 2.59 bits per heavy atom. The Labute approximate surface area is 148 Å². The van der Waals surface area contributed by atoms with E-state index in [1.54, 1.807) is 12.1 Å². The maximum Gasteiger partial charge on any atom is 0.156 e. The molecule has 0 bridgehead atoms. The van der Waals surface area contributed by atoms with Crippen molar-refractivity contribution in [1.82, 2.24) is 4.90 Å². The fourth-order valence-corrected chi connectivity index (χ4v) is 4.20. The minimum absolute atomic E-state index is 0. The number of hydrogen-bond acceptors (Lipinski definition) is 3. The summed E-state index contributed by atoms with van der Waals surface area (Å²) in [5.41, 5.74) is 6.25. The summed E-state index contributed by atoms with van der Waals surface area (Å²) >= 11 is 12.2. The first kappa shape index (κ1) is 18.2. The second kappa shape index (κ2) is 8.07. The van der Waals surface area contributed by atoms with Crippen molar-refractivity contribution in [3.63, 3.8) is 0 Å². The van der Waals surface area contributed by atoms with Gasteiger partial charge in [-0.25, -0.2) is 0 Å². The van der Waals surface area contributed by atoms with Crippen molar-refractivity contribution in [1.29, 1.82) is 0 Å². The Balaban J connectivity index is 0.00000176. The summed E-state index contributed by atoms with van der Waals surface area (Å²) in [6.45, 7) is 3.77. The van der Waals surface area contributed by atoms with Gasteiger partial charge in [0.25, 0.3) is 0 Å². The summed E-state index contributed by atoms with van der Waals surface area (Å²) in [5, 5.41) is 1.14. The van der Waals surface area contributed by atoms with Gasteiger partial charge >= 0.3 is 0 Å². The lowest BCUT2D eigenvalue weighted by atomic mass is 9.78. The maximum atomic E-state index is 6.25. The molecule has 3 unspecified atom stereocenters. The first-order valence-corrected chi connectivity index (χ1v) is 8.45. The highest BCUT2D eigenvalue weighted by Crippen LogP contribution is 2.36. The van der Waals surface area contributed by atoms with Gasteiger partial charge in [0.2, 0.25) is 0 Å². The molecule has 22 heavy (non-hydrogen) atoms. The van der Waals surface area contributed by atoms with Gasteiger partial charge in [-0.1, -0.05) is 35.7 Å². The highest BCUT2D eigenvalue weighted by molar-refractivity contribution is 6.37. The Kier molecular flexibility index (Phi) is 6.66. The van der Waals surface area contributed by atoms with Gasteiger partial charge in [-0.2, -0.15) is 0 Å². The van der Waals surface area contributed by atoms with Crippen LogP contribution in [0.15, 0.2) is 18.2 Å². The zero-order valence-electron chi connectivity index (χ0n) is 12.5. The summed E-state index contributed by atoms with van der Waals surface area (Å²) in [6, 6.07) is 5.80. The van der Waals surface area contributed by atoms with Gasteiger partial charge in [0.15, 0.2) is 5.75 Å². The van der Waals surface area contributed by atoms with Crippen LogP contribution in [-0.2, 0) is 0 Å². The van der Waals surface area contributed by atoms with Crippen LogP contribution in [0, 0.1) is 11.8 Å². The summed E-state index contributed by atoms with van der Waals surface area (Å²) in [6.07, 6.45) is 3.79. The standard InChI is InChI=1S/C16H22Cl2N2O.ClH/c17-13-4-2-5-14(18)16(13)21-8-7-20-9-11-3-1-6-15(19)12(11)10-20;/h2,4-5,11-12,15H,1,3,6-10,19H2;1H. The van der Waals surface area contributed by atoms with Gasteiger partial charge in [-0.15, -0.1) is 12.4 Å². The molecule has 1 saturated heterocycles. The molecular formula is C16H23Cl3N2O. The lowest BCUT2D eigenvalue weighted by Gasteiger charge is -2.29. The number of fused-ring (bicyclic) bond motifs is 1. The molecule has 1 aliphatic heterocycles. The van der Waals surface area contributed by atoms with Crippen LogP contribution in [0.2, 0.25) is 10.0 Å². The smallest absolute Gasteiger partial charge is 0.156 e. The molecule has 0 amide bonds. The van der Waals surface area contributed by atoms with Crippen molar-refractivity contribution in [2.24, 2.45) is 17.6 Å². The number of rotatable bonds is 4. The third-order valence-electron chi connectivity index (χ3n) is 4.80. The van der Waals surface area contributed by atoms with Crippen molar-refractivity contribution < 1.29 is 4.74 Å². The van der Waals surface area contributed by atoms with Crippen LogP contribution >= 0.6 is 35.6 Å². The van der Waals surface area contributed by atoms with E-state index in [9.17, 15) is 0 Å². The van der Waals surface area contributed by atoms with Crippen LogP contribution in [0.25, 0.3) is 0 Å². The van der Waals surface area contributed by atoms with E-state index in [1.165, 1.54) is 19.3 Å². The number of hydrogen-bond donors (Lipinski definition) is 1. The lowest BCUT2D eigenvalue weighted by Crippen LogP contribution is -2.38. The van der Waals surface area contributed by atoms with Gasteiger partial charge in [0, 0.05) is 25.7 Å². The summed E-state index contributed by atoms with van der Waals surface area (Å²) in [4.78, 5) is 2.46. The number of nitrogens with two attached hydrogens (primary N) is 1. The molecule has 2 fully saturated rings. The summed E-state index contributed by atoms with van der Waals surface area (Å²) in [7, 11) is 0. The molecule has 1 aromatic carbocycles. The highest BCUT2D eigenvalue weighted by atomic mass is 35.5. The molecule has 1 heterocycles. The van der Waals surface area contributed by atoms with E-state index < -0.39 is 0 Å². The average Bonchev–Trinajstić information content (AvgIpc) is 2.86. The lowest BCUT2D eigenvalue weighted by molar-refractivity contribution is 0.230. The molecule has 1 aliphatic carbocycles. The van der Waals surface area contributed by atoms with E-state index in [0.717, 1.165) is 25.6 Å². The van der Waals surface area contributed by atoms with Crippen LogP contribution in [0.4, 0.5) is 0 Å². The SMILES string of the molecule is Cl.NC1CCCC2CN(CCOc3c(Cl)cccc3Cl)CC12. The van der Waals surface area contributed by atoms with Crippen molar-refractivity contribution in [2.75, 3.05) is 26.2 Å².